The van der Waals surface area contributed by atoms with Gasteiger partial charge in [-0.2, -0.15) is 5.10 Å². The van der Waals surface area contributed by atoms with E-state index in [0.717, 1.165) is 63.3 Å². The summed E-state index contributed by atoms with van der Waals surface area (Å²) in [4.78, 5) is 17.4. The van der Waals surface area contributed by atoms with Crippen LogP contribution in [0.2, 0.25) is 0 Å². The fourth-order valence-corrected chi connectivity index (χ4v) is 4.73. The van der Waals surface area contributed by atoms with Crippen LogP contribution in [0.5, 0.6) is 5.75 Å². The predicted molar refractivity (Wildman–Crippen MR) is 108 cm³/mol. The van der Waals surface area contributed by atoms with E-state index in [1.165, 1.54) is 5.56 Å². The molecule has 0 bridgehead atoms. The summed E-state index contributed by atoms with van der Waals surface area (Å²) in [7, 11) is 1.71. The van der Waals surface area contributed by atoms with E-state index in [1.54, 1.807) is 13.3 Å². The van der Waals surface area contributed by atoms with Gasteiger partial charge in [0.25, 0.3) is 0 Å². The quantitative estimate of drug-likeness (QED) is 0.739. The molecule has 28 heavy (non-hydrogen) atoms. The van der Waals surface area contributed by atoms with Gasteiger partial charge in [0.05, 0.1) is 19.1 Å². The molecule has 0 saturated carbocycles. The highest BCUT2D eigenvalue weighted by Crippen LogP contribution is 2.41. The number of aromatic nitrogens is 2. The van der Waals surface area contributed by atoms with E-state index in [9.17, 15) is 4.79 Å². The molecule has 0 aliphatic carbocycles. The highest BCUT2D eigenvalue weighted by molar-refractivity contribution is 5.85. The second kappa shape index (κ2) is 7.95. The number of methoxy groups -OCH3 is 1. The van der Waals surface area contributed by atoms with Gasteiger partial charge in [0, 0.05) is 44.1 Å². The average molecular weight is 383 g/mol. The van der Waals surface area contributed by atoms with E-state index in [0.29, 0.717) is 12.5 Å². The lowest BCUT2D eigenvalue weighted by atomic mass is 9.85. The van der Waals surface area contributed by atoms with Crippen LogP contribution in [0.25, 0.3) is 0 Å². The third-order valence-corrected chi connectivity index (χ3v) is 6.17. The summed E-state index contributed by atoms with van der Waals surface area (Å²) in [5, 5.41) is 4.31. The van der Waals surface area contributed by atoms with E-state index in [-0.39, 0.29) is 5.41 Å². The van der Waals surface area contributed by atoms with Crippen molar-refractivity contribution >= 4 is 5.91 Å². The first kappa shape index (κ1) is 19.0. The van der Waals surface area contributed by atoms with E-state index < -0.39 is 0 Å². The van der Waals surface area contributed by atoms with Gasteiger partial charge in [-0.25, -0.2) is 0 Å². The largest absolute Gasteiger partial charge is 0.496 e. The number of rotatable bonds is 7. The summed E-state index contributed by atoms with van der Waals surface area (Å²) in [5.74, 6) is 1.27. The Kier molecular flexibility index (Phi) is 5.40. The van der Waals surface area contributed by atoms with Gasteiger partial charge in [-0.1, -0.05) is 13.0 Å². The molecule has 1 aromatic carbocycles. The number of nitrogens with zero attached hydrogens (tertiary/aromatic N) is 4. The highest BCUT2D eigenvalue weighted by Gasteiger charge is 2.50. The van der Waals surface area contributed by atoms with Crippen molar-refractivity contribution in [3.63, 3.8) is 0 Å². The first-order chi connectivity index (χ1) is 13.6. The molecule has 1 amide bonds. The van der Waals surface area contributed by atoms with Crippen molar-refractivity contribution < 1.29 is 9.53 Å². The van der Waals surface area contributed by atoms with Gasteiger partial charge in [-0.3, -0.25) is 14.4 Å². The molecule has 2 aromatic rings. The van der Waals surface area contributed by atoms with Crippen LogP contribution in [-0.2, 0) is 17.9 Å². The minimum atomic E-state index is -0.139. The van der Waals surface area contributed by atoms with Crippen molar-refractivity contribution in [2.24, 2.45) is 5.41 Å². The summed E-state index contributed by atoms with van der Waals surface area (Å²) >= 11 is 0. The lowest BCUT2D eigenvalue weighted by Gasteiger charge is -2.24. The Morgan fingerprint density at radius 1 is 1.21 bits per heavy atom. The van der Waals surface area contributed by atoms with Crippen molar-refractivity contribution in [2.45, 2.75) is 39.3 Å². The Morgan fingerprint density at radius 2 is 2.07 bits per heavy atom. The van der Waals surface area contributed by atoms with Gasteiger partial charge in [0.1, 0.15) is 5.75 Å². The van der Waals surface area contributed by atoms with E-state index in [2.05, 4.69) is 34.0 Å². The highest BCUT2D eigenvalue weighted by atomic mass is 16.5. The Balaban J connectivity index is 1.44. The molecule has 6 nitrogen and oxygen atoms in total. The van der Waals surface area contributed by atoms with Crippen LogP contribution in [0.15, 0.2) is 36.7 Å². The average Bonchev–Trinajstić information content (AvgIpc) is 3.41. The van der Waals surface area contributed by atoms with Gasteiger partial charge >= 0.3 is 0 Å². The molecule has 2 aliphatic rings. The zero-order valence-corrected chi connectivity index (χ0v) is 16.9. The van der Waals surface area contributed by atoms with Gasteiger partial charge in [0.2, 0.25) is 5.91 Å². The number of benzene rings is 1. The molecule has 2 saturated heterocycles. The fraction of sp³-hybridized carbons (Fsp3) is 0.545. The molecule has 6 heteroatoms. The molecule has 4 rings (SSSR count). The topological polar surface area (TPSA) is 50.6 Å². The van der Waals surface area contributed by atoms with E-state index in [4.69, 9.17) is 4.74 Å². The number of likely N-dealkylation sites (tertiary alicyclic amines) is 2. The fourth-order valence-electron chi connectivity index (χ4n) is 4.73. The first-order valence-electron chi connectivity index (χ1n) is 10.3. The minimum absolute atomic E-state index is 0.139. The molecule has 150 valence electrons. The maximum atomic E-state index is 12.9. The number of hydrogen-bond donors (Lipinski definition) is 0. The third-order valence-electron chi connectivity index (χ3n) is 6.17. The van der Waals surface area contributed by atoms with Crippen LogP contribution >= 0.6 is 0 Å². The lowest BCUT2D eigenvalue weighted by molar-refractivity contribution is -0.135. The van der Waals surface area contributed by atoms with Crippen molar-refractivity contribution in [1.82, 2.24) is 19.6 Å². The zero-order valence-electron chi connectivity index (χ0n) is 16.9. The molecule has 1 unspecified atom stereocenters. The molecule has 3 heterocycles. The number of carbonyl (C=O) groups excluding carboxylic acids is 1. The minimum Gasteiger partial charge on any atom is -0.496 e. The van der Waals surface area contributed by atoms with Crippen LogP contribution in [0, 0.1) is 5.41 Å². The van der Waals surface area contributed by atoms with E-state index in [1.807, 2.05) is 23.0 Å². The van der Waals surface area contributed by atoms with Crippen LogP contribution in [-0.4, -0.2) is 58.8 Å². The number of ether oxygens (including phenoxy) is 1. The van der Waals surface area contributed by atoms with Crippen molar-refractivity contribution in [1.29, 1.82) is 0 Å². The molecule has 0 N–H and O–H groups in total. The number of hydrogen-bond acceptors (Lipinski definition) is 4. The molecular weight excluding hydrogens is 352 g/mol. The first-order valence-corrected chi connectivity index (χ1v) is 10.3. The van der Waals surface area contributed by atoms with Gasteiger partial charge in [-0.05, 0) is 49.6 Å². The maximum Gasteiger partial charge on any atom is 0.230 e. The molecule has 1 aromatic heterocycles. The Labute approximate surface area is 167 Å². The predicted octanol–water partition coefficient (Wildman–Crippen LogP) is 2.77. The summed E-state index contributed by atoms with van der Waals surface area (Å²) in [6, 6.07) is 8.33. The molecule has 2 fully saturated rings. The normalized spacial score (nSPS) is 22.5. The number of carbonyl (C=O) groups is 1. The zero-order chi connectivity index (χ0) is 19.6. The van der Waals surface area contributed by atoms with Crippen molar-refractivity contribution in [2.75, 3.05) is 33.3 Å². The standard InChI is InChI=1S/C22H30N4O2/c1-3-10-25-13-8-22(21(25)27)7-12-24(17-22)15-18-5-6-20(28-2)19(14-18)16-26-11-4-9-23-26/h4-6,9,11,14H,3,7-8,10,12-13,15-17H2,1-2H3. The van der Waals surface area contributed by atoms with E-state index >= 15 is 0 Å². The summed E-state index contributed by atoms with van der Waals surface area (Å²) < 4.78 is 7.45. The molecule has 1 spiro atoms. The van der Waals surface area contributed by atoms with Crippen LogP contribution in [0.1, 0.15) is 37.3 Å². The monoisotopic (exact) mass is 382 g/mol. The summed E-state index contributed by atoms with van der Waals surface area (Å²) in [6.07, 6.45) is 6.79. The SMILES string of the molecule is CCCN1CCC2(CCN(Cc3ccc(OC)c(Cn4cccn4)c3)C2)C1=O. The Morgan fingerprint density at radius 3 is 2.82 bits per heavy atom. The second-order valence-corrected chi connectivity index (χ2v) is 8.13. The maximum absolute atomic E-state index is 12.9. The summed E-state index contributed by atoms with van der Waals surface area (Å²) in [5.41, 5.74) is 2.25. The van der Waals surface area contributed by atoms with Crippen LogP contribution in [0.3, 0.4) is 0 Å². The molecule has 1 atom stereocenters. The third kappa shape index (κ3) is 3.65. The lowest BCUT2D eigenvalue weighted by Crippen LogP contribution is -2.37. The van der Waals surface area contributed by atoms with Crippen molar-refractivity contribution in [3.8, 4) is 5.75 Å². The van der Waals surface area contributed by atoms with Gasteiger partial charge in [-0.15, -0.1) is 0 Å². The summed E-state index contributed by atoms with van der Waals surface area (Å²) in [6.45, 7) is 7.41. The van der Waals surface area contributed by atoms with Crippen LogP contribution in [0.4, 0.5) is 0 Å². The smallest absolute Gasteiger partial charge is 0.230 e. The number of amides is 1. The van der Waals surface area contributed by atoms with Crippen molar-refractivity contribution in [3.05, 3.63) is 47.8 Å². The molecule has 0 radical (unpaired) electrons. The molecular formula is C22H30N4O2. The van der Waals surface area contributed by atoms with Crippen LogP contribution < -0.4 is 4.74 Å². The Bertz CT molecular complexity index is 820. The second-order valence-electron chi connectivity index (χ2n) is 8.13. The molecule has 2 aliphatic heterocycles. The van der Waals surface area contributed by atoms with Gasteiger partial charge in [0.15, 0.2) is 0 Å². The Hall–Kier alpha value is -2.34. The van der Waals surface area contributed by atoms with Gasteiger partial charge < -0.3 is 9.64 Å².